The Bertz CT molecular complexity index is 1190. The van der Waals surface area contributed by atoms with E-state index >= 15 is 0 Å². The minimum atomic E-state index is -0.683. The van der Waals surface area contributed by atoms with E-state index in [9.17, 15) is 14.4 Å². The summed E-state index contributed by atoms with van der Waals surface area (Å²) in [5, 5.41) is 5.94. The molecule has 3 fully saturated rings. The summed E-state index contributed by atoms with van der Waals surface area (Å²) >= 11 is 0. The standard InChI is InChI=1S/C25H28N6O3/c26-22(33)17-12-29-23(31-9-1-6-25(13-31)7-8-27-24(25)34)20-16-4-2-14(10-18(16)30-21(17)20)15-3-5-19(32)28-11-15/h2,4,10,12,15,17H,1,3,5-9,11,13H2,(H2,26,33)(H,27,34)(H,28,32)/t15?,17?,25-/m1/s1. The van der Waals surface area contributed by atoms with Gasteiger partial charge in [0, 0.05) is 55.9 Å². The van der Waals surface area contributed by atoms with Crippen LogP contribution >= 0.6 is 0 Å². The minimum absolute atomic E-state index is 0.0927. The number of hydrogen-bond acceptors (Lipinski definition) is 6. The lowest BCUT2D eigenvalue weighted by atomic mass is 9.78. The molecule has 1 aromatic carbocycles. The van der Waals surface area contributed by atoms with Gasteiger partial charge in [-0.3, -0.25) is 19.4 Å². The van der Waals surface area contributed by atoms with Crippen LogP contribution in [0.3, 0.4) is 0 Å². The van der Waals surface area contributed by atoms with E-state index in [1.807, 2.05) is 6.07 Å². The van der Waals surface area contributed by atoms with E-state index in [0.717, 1.165) is 60.4 Å². The van der Waals surface area contributed by atoms with E-state index in [2.05, 4.69) is 27.7 Å². The van der Waals surface area contributed by atoms with E-state index in [1.54, 1.807) is 6.21 Å². The molecule has 34 heavy (non-hydrogen) atoms. The molecule has 0 saturated carbocycles. The van der Waals surface area contributed by atoms with Crippen LogP contribution in [0.4, 0.5) is 5.69 Å². The molecule has 3 amide bonds. The van der Waals surface area contributed by atoms with E-state index in [1.165, 1.54) is 0 Å². The normalized spacial score (nSPS) is 30.1. The van der Waals surface area contributed by atoms with Crippen LogP contribution in [-0.4, -0.2) is 60.7 Å². The summed E-state index contributed by atoms with van der Waals surface area (Å²) in [6.45, 7) is 2.74. The lowest BCUT2D eigenvalue weighted by molar-refractivity contribution is -0.130. The predicted octanol–water partition coefficient (Wildman–Crippen LogP) is 1.22. The van der Waals surface area contributed by atoms with E-state index < -0.39 is 11.8 Å². The molecule has 0 aliphatic carbocycles. The first kappa shape index (κ1) is 21.1. The first-order valence-corrected chi connectivity index (χ1v) is 12.1. The maximum atomic E-state index is 12.7. The highest BCUT2D eigenvalue weighted by Gasteiger charge is 2.47. The van der Waals surface area contributed by atoms with Crippen molar-refractivity contribution in [1.29, 1.82) is 0 Å². The topological polar surface area (TPSA) is 129 Å². The Balaban J connectivity index is 1.39. The maximum absolute atomic E-state index is 12.7. The molecule has 9 heteroatoms. The van der Waals surface area contributed by atoms with Gasteiger partial charge in [0.15, 0.2) is 0 Å². The molecule has 3 atom stereocenters. The Labute approximate surface area is 197 Å². The number of nitrogens with one attached hydrogen (secondary N) is 2. The molecule has 5 heterocycles. The molecule has 5 aliphatic heterocycles. The molecule has 1 spiro atoms. The van der Waals surface area contributed by atoms with Crippen molar-refractivity contribution in [1.82, 2.24) is 15.5 Å². The number of carbonyl (C=O) groups excluding carboxylic acids is 3. The van der Waals surface area contributed by atoms with Crippen LogP contribution in [0.1, 0.15) is 49.1 Å². The van der Waals surface area contributed by atoms with E-state index in [-0.39, 0.29) is 23.1 Å². The van der Waals surface area contributed by atoms with Gasteiger partial charge in [0.25, 0.3) is 0 Å². The van der Waals surface area contributed by atoms with Crippen LogP contribution in [0.25, 0.3) is 5.57 Å². The zero-order chi connectivity index (χ0) is 23.4. The predicted molar refractivity (Wildman–Crippen MR) is 127 cm³/mol. The number of nitrogens with two attached hydrogens (primary N) is 1. The average molecular weight is 461 g/mol. The van der Waals surface area contributed by atoms with Crippen LogP contribution in [0, 0.1) is 11.3 Å². The first-order chi connectivity index (χ1) is 16.4. The van der Waals surface area contributed by atoms with Crippen molar-refractivity contribution in [3.8, 4) is 0 Å². The van der Waals surface area contributed by atoms with Crippen molar-refractivity contribution < 1.29 is 14.4 Å². The molecule has 9 nitrogen and oxygen atoms in total. The van der Waals surface area contributed by atoms with Gasteiger partial charge in [-0.05, 0) is 37.3 Å². The highest BCUT2D eigenvalue weighted by Crippen LogP contribution is 2.45. The maximum Gasteiger partial charge on any atom is 0.232 e. The van der Waals surface area contributed by atoms with Crippen molar-refractivity contribution in [2.45, 2.75) is 38.0 Å². The molecule has 4 N–H and O–H groups in total. The molecule has 3 saturated heterocycles. The molecule has 0 radical (unpaired) electrons. The van der Waals surface area contributed by atoms with Crippen LogP contribution < -0.4 is 16.4 Å². The molecule has 1 aromatic rings. The number of amides is 3. The second-order valence-corrected chi connectivity index (χ2v) is 9.98. The lowest BCUT2D eigenvalue weighted by Crippen LogP contribution is -2.47. The monoisotopic (exact) mass is 460 g/mol. The SMILES string of the molecule is NC(=O)C1C=NC(N2CCC[C@@]3(CCNC3=O)C2)=C2C1=Nc1cc(C3CCC(=O)NC3)ccc12. The Morgan fingerprint density at radius 3 is 2.82 bits per heavy atom. The van der Waals surface area contributed by atoms with Crippen molar-refractivity contribution in [3.63, 3.8) is 0 Å². The number of piperidine rings is 2. The van der Waals surface area contributed by atoms with Gasteiger partial charge in [-0.25, -0.2) is 4.99 Å². The summed E-state index contributed by atoms with van der Waals surface area (Å²) in [6.07, 6.45) is 5.54. The summed E-state index contributed by atoms with van der Waals surface area (Å²) in [6, 6.07) is 6.20. The summed E-state index contributed by atoms with van der Waals surface area (Å²) < 4.78 is 0. The number of likely N-dealkylation sites (tertiary alicyclic amines) is 1. The fourth-order valence-corrected chi connectivity index (χ4v) is 6.05. The van der Waals surface area contributed by atoms with Gasteiger partial charge in [0.1, 0.15) is 11.7 Å². The van der Waals surface area contributed by atoms with Crippen LogP contribution in [0.2, 0.25) is 0 Å². The summed E-state index contributed by atoms with van der Waals surface area (Å²) in [5.74, 6) is 0.0684. The zero-order valence-electron chi connectivity index (χ0n) is 19.0. The zero-order valence-corrected chi connectivity index (χ0v) is 19.0. The second kappa shape index (κ2) is 7.78. The van der Waals surface area contributed by atoms with Crippen LogP contribution in [0.15, 0.2) is 34.0 Å². The van der Waals surface area contributed by atoms with Gasteiger partial charge in [0.05, 0.1) is 16.8 Å². The summed E-state index contributed by atoms with van der Waals surface area (Å²) in [7, 11) is 0. The molecule has 6 rings (SSSR count). The molecule has 0 bridgehead atoms. The number of carbonyl (C=O) groups is 3. The molecule has 5 aliphatic rings. The Morgan fingerprint density at radius 2 is 2.09 bits per heavy atom. The Hall–Kier alpha value is -3.49. The molecular formula is C25H28N6O3. The average Bonchev–Trinajstić information content (AvgIpc) is 3.38. The largest absolute Gasteiger partial charge is 0.369 e. The number of fused-ring (bicyclic) bond motifs is 3. The smallest absolute Gasteiger partial charge is 0.232 e. The molecular weight excluding hydrogens is 432 g/mol. The highest BCUT2D eigenvalue weighted by atomic mass is 16.2. The molecule has 2 unspecified atom stereocenters. The van der Waals surface area contributed by atoms with Crippen molar-refractivity contribution in [2.24, 2.45) is 27.1 Å². The number of aliphatic imine (C=N–C) groups is 2. The van der Waals surface area contributed by atoms with Gasteiger partial charge in [0.2, 0.25) is 17.7 Å². The van der Waals surface area contributed by atoms with Crippen molar-refractivity contribution >= 4 is 40.9 Å². The summed E-state index contributed by atoms with van der Waals surface area (Å²) in [4.78, 5) is 48.2. The Kier molecular flexibility index (Phi) is 4.82. The van der Waals surface area contributed by atoms with Gasteiger partial charge in [-0.15, -0.1) is 0 Å². The van der Waals surface area contributed by atoms with Crippen LogP contribution in [-0.2, 0) is 14.4 Å². The van der Waals surface area contributed by atoms with Crippen molar-refractivity contribution in [2.75, 3.05) is 26.2 Å². The third kappa shape index (κ3) is 3.25. The summed E-state index contributed by atoms with van der Waals surface area (Å²) in [5.41, 5.74) is 9.69. The quantitative estimate of drug-likeness (QED) is 0.626. The van der Waals surface area contributed by atoms with Crippen LogP contribution in [0.5, 0.6) is 0 Å². The second-order valence-electron chi connectivity index (χ2n) is 9.98. The van der Waals surface area contributed by atoms with Gasteiger partial charge < -0.3 is 21.3 Å². The number of allylic oxidation sites excluding steroid dienone is 1. The first-order valence-electron chi connectivity index (χ1n) is 12.1. The number of nitrogens with zero attached hydrogens (tertiary/aromatic N) is 3. The minimum Gasteiger partial charge on any atom is -0.369 e. The van der Waals surface area contributed by atoms with Gasteiger partial charge >= 0.3 is 0 Å². The van der Waals surface area contributed by atoms with Gasteiger partial charge in [-0.1, -0.05) is 12.1 Å². The van der Waals surface area contributed by atoms with Crippen molar-refractivity contribution in [3.05, 3.63) is 35.1 Å². The fraction of sp³-hybridized carbons (Fsp3) is 0.480. The molecule has 0 aromatic heterocycles. The number of hydrogen-bond donors (Lipinski definition) is 3. The van der Waals surface area contributed by atoms with E-state index in [4.69, 9.17) is 15.7 Å². The fourth-order valence-electron chi connectivity index (χ4n) is 6.05. The third-order valence-electron chi connectivity index (χ3n) is 7.94. The van der Waals surface area contributed by atoms with E-state index in [0.29, 0.717) is 31.8 Å². The third-order valence-corrected chi connectivity index (χ3v) is 7.94. The number of benzene rings is 1. The Morgan fingerprint density at radius 1 is 1.21 bits per heavy atom. The highest BCUT2D eigenvalue weighted by molar-refractivity contribution is 6.39. The lowest BCUT2D eigenvalue weighted by Gasteiger charge is -2.41. The number of primary amides is 1. The van der Waals surface area contributed by atoms with Gasteiger partial charge in [-0.2, -0.15) is 0 Å². The number of rotatable bonds is 3. The molecule has 176 valence electrons.